The summed E-state index contributed by atoms with van der Waals surface area (Å²) >= 11 is 0. The Bertz CT molecular complexity index is 550. The van der Waals surface area contributed by atoms with Gasteiger partial charge in [0.15, 0.2) is 11.6 Å². The first kappa shape index (κ1) is 16.7. The highest BCUT2D eigenvalue weighted by Crippen LogP contribution is 2.28. The highest BCUT2D eigenvalue weighted by molar-refractivity contribution is 7.92. The van der Waals surface area contributed by atoms with Gasteiger partial charge in [-0.2, -0.15) is 0 Å². The Hall–Kier alpha value is -1.37. The topological polar surface area (TPSA) is 46.6 Å². The third-order valence-corrected chi connectivity index (χ3v) is 3.94. The number of anilines is 1. The summed E-state index contributed by atoms with van der Waals surface area (Å²) in [6.45, 7) is 4.36. The van der Waals surface area contributed by atoms with E-state index in [4.69, 9.17) is 4.74 Å². The molecule has 0 aliphatic carbocycles. The van der Waals surface area contributed by atoms with E-state index < -0.39 is 27.3 Å². The fraction of sp³-hybridized carbons (Fsp3) is 0.538. The minimum atomic E-state index is -3.73. The molecule has 1 aromatic rings. The van der Waals surface area contributed by atoms with Gasteiger partial charge in [-0.15, -0.1) is 0 Å². The van der Waals surface area contributed by atoms with E-state index in [1.807, 2.05) is 13.8 Å². The second-order valence-corrected chi connectivity index (χ2v) is 7.01. The van der Waals surface area contributed by atoms with Crippen molar-refractivity contribution in [2.45, 2.75) is 20.3 Å². The Morgan fingerprint density at radius 3 is 2.15 bits per heavy atom. The predicted octanol–water partition coefficient (Wildman–Crippen LogP) is 2.79. The minimum Gasteiger partial charge on any atom is -0.493 e. The first-order chi connectivity index (χ1) is 9.12. The summed E-state index contributed by atoms with van der Waals surface area (Å²) in [5.74, 6) is -1.48. The molecule has 1 aromatic carbocycles. The maximum atomic E-state index is 13.9. The Morgan fingerprint density at radius 2 is 1.75 bits per heavy atom. The van der Waals surface area contributed by atoms with Crippen LogP contribution in [0.4, 0.5) is 14.5 Å². The molecule has 0 atom stereocenters. The number of halogens is 2. The number of ether oxygens (including phenoxy) is 1. The van der Waals surface area contributed by atoms with Crippen molar-refractivity contribution in [1.82, 2.24) is 0 Å². The average molecular weight is 307 g/mol. The fourth-order valence-corrected chi connectivity index (χ4v) is 2.01. The molecule has 0 amide bonds. The van der Waals surface area contributed by atoms with Gasteiger partial charge in [-0.3, -0.25) is 4.31 Å². The number of rotatable bonds is 6. The van der Waals surface area contributed by atoms with Crippen LogP contribution >= 0.6 is 0 Å². The van der Waals surface area contributed by atoms with Gasteiger partial charge < -0.3 is 4.74 Å². The quantitative estimate of drug-likeness (QED) is 0.812. The molecule has 0 fully saturated rings. The van der Waals surface area contributed by atoms with Crippen LogP contribution in [0.2, 0.25) is 0 Å². The van der Waals surface area contributed by atoms with Crippen LogP contribution in [0.25, 0.3) is 0 Å². The molecule has 0 saturated carbocycles. The van der Waals surface area contributed by atoms with Crippen molar-refractivity contribution in [2.75, 3.05) is 24.2 Å². The zero-order valence-electron chi connectivity index (χ0n) is 12.0. The van der Waals surface area contributed by atoms with Gasteiger partial charge in [-0.05, 0) is 12.3 Å². The summed E-state index contributed by atoms with van der Waals surface area (Å²) in [4.78, 5) is 0. The van der Waals surface area contributed by atoms with E-state index in [1.165, 1.54) is 0 Å². The van der Waals surface area contributed by atoms with Gasteiger partial charge in [-0.1, -0.05) is 13.8 Å². The maximum absolute atomic E-state index is 13.9. The zero-order chi connectivity index (χ0) is 15.5. The van der Waals surface area contributed by atoms with E-state index in [1.54, 1.807) is 0 Å². The summed E-state index contributed by atoms with van der Waals surface area (Å²) in [6.07, 6.45) is 1.63. The van der Waals surface area contributed by atoms with E-state index in [2.05, 4.69) is 0 Å². The number of sulfonamides is 1. The van der Waals surface area contributed by atoms with Crippen LogP contribution in [-0.4, -0.2) is 28.3 Å². The number of hydrogen-bond acceptors (Lipinski definition) is 3. The summed E-state index contributed by atoms with van der Waals surface area (Å²) in [7, 11) is -2.64. The first-order valence-electron chi connectivity index (χ1n) is 6.18. The van der Waals surface area contributed by atoms with Crippen LogP contribution < -0.4 is 9.04 Å². The number of benzene rings is 1. The zero-order valence-corrected chi connectivity index (χ0v) is 12.8. The third-order valence-electron chi connectivity index (χ3n) is 2.77. The highest BCUT2D eigenvalue weighted by atomic mass is 32.2. The first-order valence-corrected chi connectivity index (χ1v) is 8.03. The molecule has 0 heterocycles. The Labute approximate surface area is 118 Å². The molecule has 114 valence electrons. The Balaban J connectivity index is 2.98. The maximum Gasteiger partial charge on any atom is 0.232 e. The molecule has 0 aliphatic heterocycles. The van der Waals surface area contributed by atoms with Crippen molar-refractivity contribution in [1.29, 1.82) is 0 Å². The second kappa shape index (κ2) is 6.39. The molecular weight excluding hydrogens is 288 g/mol. The van der Waals surface area contributed by atoms with E-state index in [0.29, 0.717) is 16.8 Å². The van der Waals surface area contributed by atoms with Crippen LogP contribution in [0.3, 0.4) is 0 Å². The van der Waals surface area contributed by atoms with Crippen LogP contribution in [0.1, 0.15) is 20.3 Å². The summed E-state index contributed by atoms with van der Waals surface area (Å²) < 4.78 is 56.2. The Morgan fingerprint density at radius 1 is 1.25 bits per heavy atom. The van der Waals surface area contributed by atoms with E-state index in [-0.39, 0.29) is 5.75 Å². The van der Waals surface area contributed by atoms with Gasteiger partial charge in [0.25, 0.3) is 0 Å². The lowest BCUT2D eigenvalue weighted by Crippen LogP contribution is -2.26. The number of nitrogens with zero attached hydrogens (tertiary/aromatic N) is 1. The van der Waals surface area contributed by atoms with Crippen molar-refractivity contribution in [3.05, 3.63) is 23.8 Å². The number of hydrogen-bond donors (Lipinski definition) is 0. The molecule has 7 heteroatoms. The molecule has 0 aromatic heterocycles. The molecule has 0 unspecified atom stereocenters. The normalized spacial score (nSPS) is 11.8. The predicted molar refractivity (Wildman–Crippen MR) is 74.6 cm³/mol. The van der Waals surface area contributed by atoms with Crippen molar-refractivity contribution in [2.24, 2.45) is 5.92 Å². The molecule has 0 N–H and O–H groups in total. The van der Waals surface area contributed by atoms with Crippen LogP contribution in [0.15, 0.2) is 12.1 Å². The Kier molecular flexibility index (Phi) is 5.33. The summed E-state index contributed by atoms with van der Waals surface area (Å²) in [5.41, 5.74) is -0.608. The molecule has 0 spiro atoms. The molecule has 0 bridgehead atoms. The van der Waals surface area contributed by atoms with Gasteiger partial charge in [0, 0.05) is 19.2 Å². The van der Waals surface area contributed by atoms with E-state index in [9.17, 15) is 17.2 Å². The molecule has 4 nitrogen and oxygen atoms in total. The van der Waals surface area contributed by atoms with E-state index >= 15 is 0 Å². The molecular formula is C13H19F2NO3S. The SMILES string of the molecule is CC(C)CCOc1cc(F)c(N(C)S(C)(=O)=O)c(F)c1. The summed E-state index contributed by atoms with van der Waals surface area (Å²) in [5, 5.41) is 0. The molecule has 20 heavy (non-hydrogen) atoms. The second-order valence-electron chi connectivity index (χ2n) is 5.00. The highest BCUT2D eigenvalue weighted by Gasteiger charge is 2.21. The van der Waals surface area contributed by atoms with Gasteiger partial charge in [0.2, 0.25) is 10.0 Å². The van der Waals surface area contributed by atoms with Crippen LogP contribution in [0, 0.1) is 17.6 Å². The molecule has 0 aliphatic rings. The minimum absolute atomic E-state index is 0.0475. The smallest absolute Gasteiger partial charge is 0.232 e. The van der Waals surface area contributed by atoms with Crippen molar-refractivity contribution >= 4 is 15.7 Å². The van der Waals surface area contributed by atoms with Crippen molar-refractivity contribution in [3.63, 3.8) is 0 Å². The third kappa shape index (κ3) is 4.33. The van der Waals surface area contributed by atoms with Crippen molar-refractivity contribution < 1.29 is 21.9 Å². The average Bonchev–Trinajstić information content (AvgIpc) is 2.26. The standard InChI is InChI=1S/C13H19F2NO3S/c1-9(2)5-6-19-10-7-11(14)13(12(15)8-10)16(3)20(4,17)18/h7-9H,5-6H2,1-4H3. The monoisotopic (exact) mass is 307 g/mol. The molecule has 1 rings (SSSR count). The lowest BCUT2D eigenvalue weighted by atomic mass is 10.1. The van der Waals surface area contributed by atoms with Gasteiger partial charge in [-0.25, -0.2) is 17.2 Å². The lowest BCUT2D eigenvalue weighted by molar-refractivity contribution is 0.287. The molecule has 0 saturated heterocycles. The van der Waals surface area contributed by atoms with Crippen molar-refractivity contribution in [3.8, 4) is 5.75 Å². The largest absolute Gasteiger partial charge is 0.493 e. The van der Waals surface area contributed by atoms with E-state index in [0.717, 1.165) is 31.9 Å². The summed E-state index contributed by atoms with van der Waals surface area (Å²) in [6, 6.07) is 1.97. The van der Waals surface area contributed by atoms with Gasteiger partial charge in [0.05, 0.1) is 12.9 Å². The fourth-order valence-electron chi connectivity index (χ4n) is 1.50. The van der Waals surface area contributed by atoms with Gasteiger partial charge >= 0.3 is 0 Å². The lowest BCUT2D eigenvalue weighted by Gasteiger charge is -2.19. The molecule has 0 radical (unpaired) electrons. The van der Waals surface area contributed by atoms with Crippen LogP contribution in [0.5, 0.6) is 5.75 Å². The van der Waals surface area contributed by atoms with Crippen LogP contribution in [-0.2, 0) is 10.0 Å². The van der Waals surface area contributed by atoms with Gasteiger partial charge in [0.1, 0.15) is 11.4 Å².